The molecule has 2 rings (SSSR count). The van der Waals surface area contributed by atoms with Gasteiger partial charge in [0.25, 0.3) is 0 Å². The number of nitrogens with zero attached hydrogens (tertiary/aromatic N) is 3. The van der Waals surface area contributed by atoms with Gasteiger partial charge in [0.05, 0.1) is 12.6 Å². The van der Waals surface area contributed by atoms with Crippen molar-refractivity contribution in [3.05, 3.63) is 10.4 Å². The third-order valence-electron chi connectivity index (χ3n) is 2.85. The zero-order chi connectivity index (χ0) is 12.7. The van der Waals surface area contributed by atoms with Crippen LogP contribution in [0.25, 0.3) is 10.4 Å². The Bertz CT molecular complexity index is 357. The number of aliphatic hydroxyl groups excluding tert-OH is 2. The lowest BCUT2D eigenvalue weighted by atomic mass is 10.1. The van der Waals surface area contributed by atoms with Crippen molar-refractivity contribution in [2.45, 2.75) is 43.7 Å². The zero-order valence-corrected chi connectivity index (χ0v) is 9.61. The van der Waals surface area contributed by atoms with Crippen LogP contribution in [0.4, 0.5) is 0 Å². The molecule has 0 aromatic carbocycles. The van der Waals surface area contributed by atoms with Gasteiger partial charge in [-0.15, -0.1) is 0 Å². The summed E-state index contributed by atoms with van der Waals surface area (Å²) < 4.78 is 16.5. The Hall–Kier alpha value is -0.890. The number of aliphatic hydroxyl groups is 2. The van der Waals surface area contributed by atoms with Gasteiger partial charge in [-0.1, -0.05) is 5.11 Å². The van der Waals surface area contributed by atoms with Crippen LogP contribution in [-0.4, -0.2) is 53.3 Å². The van der Waals surface area contributed by atoms with Gasteiger partial charge in [-0.3, -0.25) is 0 Å². The zero-order valence-electron chi connectivity index (χ0n) is 9.61. The van der Waals surface area contributed by atoms with Crippen molar-refractivity contribution < 1.29 is 24.4 Å². The maximum atomic E-state index is 9.99. The molecular formula is C9H15N3O5. The third kappa shape index (κ3) is 1.99. The highest BCUT2D eigenvalue weighted by Gasteiger charge is 2.64. The minimum absolute atomic E-state index is 0.0386. The highest BCUT2D eigenvalue weighted by Crippen LogP contribution is 2.45. The first-order valence-corrected chi connectivity index (χ1v) is 5.30. The number of rotatable bonds is 3. The second-order valence-corrected chi connectivity index (χ2v) is 4.57. The molecule has 0 spiro atoms. The maximum Gasteiger partial charge on any atom is 0.224 e. The van der Waals surface area contributed by atoms with Crippen molar-refractivity contribution in [3.63, 3.8) is 0 Å². The molecule has 96 valence electrons. The quantitative estimate of drug-likeness (QED) is 0.409. The molecule has 2 fully saturated rings. The Kier molecular flexibility index (Phi) is 3.03. The van der Waals surface area contributed by atoms with Gasteiger partial charge in [-0.2, -0.15) is 0 Å². The monoisotopic (exact) mass is 245 g/mol. The van der Waals surface area contributed by atoms with Crippen molar-refractivity contribution in [2.24, 2.45) is 5.11 Å². The van der Waals surface area contributed by atoms with Gasteiger partial charge in [0.1, 0.15) is 18.8 Å². The molecule has 8 heteroatoms. The van der Waals surface area contributed by atoms with Crippen LogP contribution in [0.3, 0.4) is 0 Å². The normalized spacial score (nSPS) is 43.2. The van der Waals surface area contributed by atoms with Gasteiger partial charge in [0.15, 0.2) is 5.79 Å². The van der Waals surface area contributed by atoms with Crippen LogP contribution in [0.1, 0.15) is 13.8 Å². The van der Waals surface area contributed by atoms with Crippen molar-refractivity contribution in [1.82, 2.24) is 0 Å². The second-order valence-electron chi connectivity index (χ2n) is 4.57. The summed E-state index contributed by atoms with van der Waals surface area (Å²) in [5, 5.41) is 22.7. The molecule has 0 radical (unpaired) electrons. The van der Waals surface area contributed by atoms with E-state index in [1.54, 1.807) is 13.8 Å². The standard InChI is InChI=1S/C9H15N3O5/c1-8(2)16-7-6(14)5(3-11-12-10)15-9(7,4-13)17-8/h5-7,13-14H,3-4H2,1-2H3. The van der Waals surface area contributed by atoms with E-state index in [0.717, 1.165) is 0 Å². The van der Waals surface area contributed by atoms with Crippen LogP contribution in [0, 0.1) is 0 Å². The van der Waals surface area contributed by atoms with E-state index in [4.69, 9.17) is 19.7 Å². The van der Waals surface area contributed by atoms with E-state index in [-0.39, 0.29) is 6.54 Å². The number of azide groups is 1. The molecule has 4 unspecified atom stereocenters. The Morgan fingerprint density at radius 1 is 1.41 bits per heavy atom. The smallest absolute Gasteiger partial charge is 0.224 e. The lowest BCUT2D eigenvalue weighted by Gasteiger charge is -2.26. The Morgan fingerprint density at radius 2 is 2.12 bits per heavy atom. The summed E-state index contributed by atoms with van der Waals surface area (Å²) in [6, 6.07) is 0. The van der Waals surface area contributed by atoms with Crippen molar-refractivity contribution >= 4 is 0 Å². The highest BCUT2D eigenvalue weighted by atomic mass is 16.9. The molecule has 0 amide bonds. The van der Waals surface area contributed by atoms with Crippen LogP contribution in [0.15, 0.2) is 5.11 Å². The van der Waals surface area contributed by atoms with Crippen LogP contribution in [0.2, 0.25) is 0 Å². The Labute approximate surface area is 97.7 Å². The van der Waals surface area contributed by atoms with E-state index in [0.29, 0.717) is 0 Å². The molecule has 2 heterocycles. The van der Waals surface area contributed by atoms with Crippen LogP contribution in [0.5, 0.6) is 0 Å². The van der Waals surface area contributed by atoms with Gasteiger partial charge in [0.2, 0.25) is 5.79 Å². The molecule has 0 aliphatic carbocycles. The Balaban J connectivity index is 2.18. The number of hydrogen-bond donors (Lipinski definition) is 2. The minimum atomic E-state index is -1.38. The first-order valence-electron chi connectivity index (χ1n) is 5.30. The number of hydrogen-bond acceptors (Lipinski definition) is 6. The van der Waals surface area contributed by atoms with E-state index in [1.807, 2.05) is 0 Å². The van der Waals surface area contributed by atoms with Crippen molar-refractivity contribution in [2.75, 3.05) is 13.2 Å². The molecule has 0 saturated carbocycles. The lowest BCUT2D eigenvalue weighted by molar-refractivity contribution is -0.272. The van der Waals surface area contributed by atoms with Crippen LogP contribution < -0.4 is 0 Å². The van der Waals surface area contributed by atoms with E-state index in [1.165, 1.54) is 0 Å². The van der Waals surface area contributed by atoms with Gasteiger partial charge in [0, 0.05) is 4.91 Å². The average molecular weight is 245 g/mol. The molecule has 8 nitrogen and oxygen atoms in total. The van der Waals surface area contributed by atoms with Gasteiger partial charge in [-0.25, -0.2) is 0 Å². The summed E-state index contributed by atoms with van der Waals surface area (Å²) in [5.74, 6) is -2.31. The summed E-state index contributed by atoms with van der Waals surface area (Å²) in [7, 11) is 0. The topological polar surface area (TPSA) is 117 Å². The molecule has 2 aliphatic heterocycles. The molecule has 2 N–H and O–H groups in total. The van der Waals surface area contributed by atoms with Crippen molar-refractivity contribution in [3.8, 4) is 0 Å². The number of fused-ring (bicyclic) bond motifs is 1. The van der Waals surface area contributed by atoms with Crippen LogP contribution >= 0.6 is 0 Å². The second kappa shape index (κ2) is 4.09. The molecule has 0 bridgehead atoms. The summed E-state index contributed by atoms with van der Waals surface area (Å²) in [4.78, 5) is 2.59. The Morgan fingerprint density at radius 3 is 2.65 bits per heavy atom. The summed E-state index contributed by atoms with van der Waals surface area (Å²) in [6.45, 7) is 2.86. The molecule has 17 heavy (non-hydrogen) atoms. The van der Waals surface area contributed by atoms with Gasteiger partial charge in [-0.05, 0) is 19.4 Å². The SMILES string of the molecule is CC1(C)OC2C(O)C(CN=[N+]=[N-])OC2(CO)O1. The van der Waals surface area contributed by atoms with E-state index < -0.39 is 36.5 Å². The molecule has 2 aliphatic rings. The molecular weight excluding hydrogens is 230 g/mol. The van der Waals surface area contributed by atoms with E-state index in [9.17, 15) is 10.2 Å². The average Bonchev–Trinajstić information content (AvgIpc) is 2.67. The molecule has 2 saturated heterocycles. The predicted molar refractivity (Wildman–Crippen MR) is 54.7 cm³/mol. The maximum absolute atomic E-state index is 9.99. The van der Waals surface area contributed by atoms with E-state index in [2.05, 4.69) is 10.0 Å². The van der Waals surface area contributed by atoms with Gasteiger partial charge < -0.3 is 24.4 Å². The fourth-order valence-electron chi connectivity index (χ4n) is 2.26. The summed E-state index contributed by atoms with van der Waals surface area (Å²) in [6.07, 6.45) is -2.53. The summed E-state index contributed by atoms with van der Waals surface area (Å²) in [5.41, 5.74) is 8.23. The first-order chi connectivity index (χ1) is 7.94. The highest BCUT2D eigenvalue weighted by molar-refractivity contribution is 5.02. The molecule has 4 atom stereocenters. The van der Waals surface area contributed by atoms with Crippen LogP contribution in [-0.2, 0) is 14.2 Å². The summed E-state index contributed by atoms with van der Waals surface area (Å²) >= 11 is 0. The predicted octanol–water partition coefficient (Wildman–Crippen LogP) is -0.104. The van der Waals surface area contributed by atoms with E-state index >= 15 is 0 Å². The van der Waals surface area contributed by atoms with Crippen molar-refractivity contribution in [1.29, 1.82) is 0 Å². The third-order valence-corrected chi connectivity index (χ3v) is 2.85. The fraction of sp³-hybridized carbons (Fsp3) is 1.00. The fourth-order valence-corrected chi connectivity index (χ4v) is 2.26. The molecule has 0 aromatic rings. The molecule has 0 aromatic heterocycles. The number of ether oxygens (including phenoxy) is 3. The van der Waals surface area contributed by atoms with Gasteiger partial charge >= 0.3 is 0 Å². The first kappa shape index (κ1) is 12.6. The lowest BCUT2D eigenvalue weighted by Crippen LogP contribution is -2.43. The minimum Gasteiger partial charge on any atom is -0.391 e. The largest absolute Gasteiger partial charge is 0.391 e.